The van der Waals surface area contributed by atoms with E-state index in [1.54, 1.807) is 0 Å². The Labute approximate surface area is 120 Å². The van der Waals surface area contributed by atoms with Crippen LogP contribution in [0.15, 0.2) is 4.52 Å². The maximum Gasteiger partial charge on any atom is 0.223 e. The molecule has 0 amide bonds. The number of aryl methyl sites for hydroxylation is 1. The third-order valence-corrected chi connectivity index (χ3v) is 4.47. The van der Waals surface area contributed by atoms with E-state index in [0.29, 0.717) is 11.9 Å². The van der Waals surface area contributed by atoms with Crippen molar-refractivity contribution < 1.29 is 4.52 Å². The largest absolute Gasteiger partial charge is 0.340 e. The molecule has 3 heterocycles. The fourth-order valence-electron chi connectivity index (χ4n) is 3.13. The van der Waals surface area contributed by atoms with Gasteiger partial charge in [0.1, 0.15) is 0 Å². The third kappa shape index (κ3) is 3.02. The molecule has 0 saturated carbocycles. The van der Waals surface area contributed by atoms with Crippen molar-refractivity contribution in [2.45, 2.75) is 39.4 Å². The van der Waals surface area contributed by atoms with Gasteiger partial charge in [0.05, 0.1) is 6.54 Å². The summed E-state index contributed by atoms with van der Waals surface area (Å²) >= 11 is 0. The average Bonchev–Trinajstić information content (AvgIpc) is 2.79. The van der Waals surface area contributed by atoms with E-state index in [-0.39, 0.29) is 0 Å². The lowest BCUT2D eigenvalue weighted by Crippen LogP contribution is -2.63. The quantitative estimate of drug-likeness (QED) is 0.804. The van der Waals surface area contributed by atoms with E-state index in [4.69, 9.17) is 4.52 Å². The predicted octanol–water partition coefficient (Wildman–Crippen LogP) is 0.588. The molecule has 0 unspecified atom stereocenters. The van der Waals surface area contributed by atoms with Crippen molar-refractivity contribution in [1.29, 1.82) is 0 Å². The second kappa shape index (κ2) is 5.79. The molecular formula is C14H25N5O. The maximum atomic E-state index is 5.01. The summed E-state index contributed by atoms with van der Waals surface area (Å²) in [5.74, 6) is 1.47. The molecule has 1 aromatic rings. The zero-order chi connectivity index (χ0) is 14.1. The van der Waals surface area contributed by atoms with Crippen molar-refractivity contribution in [1.82, 2.24) is 24.8 Å². The summed E-state index contributed by atoms with van der Waals surface area (Å²) in [5.41, 5.74) is 0. The van der Waals surface area contributed by atoms with Crippen LogP contribution in [0.1, 0.15) is 25.6 Å². The van der Waals surface area contributed by atoms with Crippen molar-refractivity contribution in [3.05, 3.63) is 11.7 Å². The van der Waals surface area contributed by atoms with Gasteiger partial charge >= 0.3 is 0 Å². The van der Waals surface area contributed by atoms with Crippen LogP contribution in [-0.4, -0.2) is 76.2 Å². The highest BCUT2D eigenvalue weighted by Gasteiger charge is 2.34. The average molecular weight is 279 g/mol. The minimum Gasteiger partial charge on any atom is -0.340 e. The van der Waals surface area contributed by atoms with Crippen LogP contribution in [0.25, 0.3) is 0 Å². The molecule has 0 atom stereocenters. The van der Waals surface area contributed by atoms with Gasteiger partial charge in [-0.15, -0.1) is 0 Å². The van der Waals surface area contributed by atoms with Crippen LogP contribution in [0, 0.1) is 6.92 Å². The molecule has 0 N–H and O–H groups in total. The summed E-state index contributed by atoms with van der Waals surface area (Å²) < 4.78 is 5.01. The van der Waals surface area contributed by atoms with Crippen molar-refractivity contribution in [2.24, 2.45) is 0 Å². The molecule has 0 aliphatic carbocycles. The molecule has 2 aliphatic heterocycles. The van der Waals surface area contributed by atoms with E-state index < -0.39 is 0 Å². The molecule has 0 radical (unpaired) electrons. The summed E-state index contributed by atoms with van der Waals surface area (Å²) in [7, 11) is 0. The Morgan fingerprint density at radius 3 is 2.45 bits per heavy atom. The summed E-state index contributed by atoms with van der Waals surface area (Å²) in [4.78, 5) is 11.9. The SMILES string of the molecule is Cc1nc(CN2CC(N3CCN(C(C)C)CC3)C2)no1. The highest BCUT2D eigenvalue weighted by molar-refractivity contribution is 4.94. The van der Waals surface area contributed by atoms with E-state index in [1.807, 2.05) is 6.92 Å². The fourth-order valence-corrected chi connectivity index (χ4v) is 3.13. The van der Waals surface area contributed by atoms with Gasteiger partial charge in [0.25, 0.3) is 0 Å². The lowest BCUT2D eigenvalue weighted by Gasteiger charge is -2.48. The Hall–Kier alpha value is -0.980. The standard InChI is InChI=1S/C14H25N5O/c1-11(2)18-4-6-19(7-5-18)13-8-17(9-13)10-14-15-12(3)20-16-14/h11,13H,4-10H2,1-3H3. The lowest BCUT2D eigenvalue weighted by molar-refractivity contribution is -0.00537. The van der Waals surface area contributed by atoms with Gasteiger partial charge in [-0.05, 0) is 13.8 Å². The van der Waals surface area contributed by atoms with Gasteiger partial charge in [0, 0.05) is 58.3 Å². The molecule has 0 bridgehead atoms. The molecule has 6 nitrogen and oxygen atoms in total. The molecule has 112 valence electrons. The molecule has 1 aromatic heterocycles. The molecule has 0 aromatic carbocycles. The van der Waals surface area contributed by atoms with E-state index in [2.05, 4.69) is 38.7 Å². The molecule has 3 rings (SSSR count). The molecule has 20 heavy (non-hydrogen) atoms. The number of aromatic nitrogens is 2. The van der Waals surface area contributed by atoms with Gasteiger partial charge in [-0.1, -0.05) is 5.16 Å². The molecule has 2 aliphatic rings. The van der Waals surface area contributed by atoms with Crippen molar-refractivity contribution >= 4 is 0 Å². The molecule has 0 spiro atoms. The van der Waals surface area contributed by atoms with Gasteiger partial charge in [0.15, 0.2) is 5.82 Å². The van der Waals surface area contributed by atoms with E-state index >= 15 is 0 Å². The normalized spacial score (nSPS) is 23.4. The first kappa shape index (κ1) is 14.0. The molecule has 2 fully saturated rings. The number of likely N-dealkylation sites (tertiary alicyclic amines) is 1. The minimum absolute atomic E-state index is 0.655. The number of piperazine rings is 1. The van der Waals surface area contributed by atoms with Crippen LogP contribution in [0.4, 0.5) is 0 Å². The highest BCUT2D eigenvalue weighted by Crippen LogP contribution is 2.19. The summed E-state index contributed by atoms with van der Waals surface area (Å²) in [5, 5.41) is 3.96. The Morgan fingerprint density at radius 2 is 1.90 bits per heavy atom. The van der Waals surface area contributed by atoms with Gasteiger partial charge in [-0.2, -0.15) is 4.98 Å². The Balaban J connectivity index is 1.40. The Bertz CT molecular complexity index is 433. The van der Waals surface area contributed by atoms with Crippen LogP contribution in [0.2, 0.25) is 0 Å². The van der Waals surface area contributed by atoms with E-state index in [0.717, 1.165) is 31.5 Å². The first-order valence-electron chi connectivity index (χ1n) is 7.61. The van der Waals surface area contributed by atoms with E-state index in [1.165, 1.54) is 26.2 Å². The van der Waals surface area contributed by atoms with Gasteiger partial charge in [-0.3, -0.25) is 14.7 Å². The number of nitrogens with zero attached hydrogens (tertiary/aromatic N) is 5. The Kier molecular flexibility index (Phi) is 4.05. The summed E-state index contributed by atoms with van der Waals surface area (Å²) in [6.45, 7) is 14.3. The van der Waals surface area contributed by atoms with Crippen LogP contribution in [-0.2, 0) is 6.54 Å². The lowest BCUT2D eigenvalue weighted by atomic mass is 10.1. The molecule has 2 saturated heterocycles. The van der Waals surface area contributed by atoms with Gasteiger partial charge < -0.3 is 4.52 Å². The minimum atomic E-state index is 0.655. The van der Waals surface area contributed by atoms with Crippen LogP contribution < -0.4 is 0 Å². The highest BCUT2D eigenvalue weighted by atomic mass is 16.5. The fraction of sp³-hybridized carbons (Fsp3) is 0.857. The third-order valence-electron chi connectivity index (χ3n) is 4.47. The van der Waals surface area contributed by atoms with Crippen molar-refractivity contribution in [3.63, 3.8) is 0 Å². The summed E-state index contributed by atoms with van der Waals surface area (Å²) in [6.07, 6.45) is 0. The zero-order valence-corrected chi connectivity index (χ0v) is 12.7. The molecule has 6 heteroatoms. The monoisotopic (exact) mass is 279 g/mol. The summed E-state index contributed by atoms with van der Waals surface area (Å²) in [6, 6.07) is 1.40. The molecular weight excluding hydrogens is 254 g/mol. The first-order chi connectivity index (χ1) is 9.61. The van der Waals surface area contributed by atoms with Crippen LogP contribution in [0.5, 0.6) is 0 Å². The van der Waals surface area contributed by atoms with Gasteiger partial charge in [-0.25, -0.2) is 0 Å². The van der Waals surface area contributed by atoms with Gasteiger partial charge in [0.2, 0.25) is 5.89 Å². The number of hydrogen-bond donors (Lipinski definition) is 0. The van der Waals surface area contributed by atoms with Crippen LogP contribution >= 0.6 is 0 Å². The van der Waals surface area contributed by atoms with E-state index in [9.17, 15) is 0 Å². The topological polar surface area (TPSA) is 48.6 Å². The predicted molar refractivity (Wildman–Crippen MR) is 76.4 cm³/mol. The zero-order valence-electron chi connectivity index (χ0n) is 12.7. The maximum absolute atomic E-state index is 5.01. The smallest absolute Gasteiger partial charge is 0.223 e. The van der Waals surface area contributed by atoms with Crippen molar-refractivity contribution in [3.8, 4) is 0 Å². The second-order valence-electron chi connectivity index (χ2n) is 6.24. The van der Waals surface area contributed by atoms with Crippen LogP contribution in [0.3, 0.4) is 0 Å². The van der Waals surface area contributed by atoms with Crippen molar-refractivity contribution in [2.75, 3.05) is 39.3 Å². The number of hydrogen-bond acceptors (Lipinski definition) is 6. The Morgan fingerprint density at radius 1 is 1.20 bits per heavy atom. The first-order valence-corrected chi connectivity index (χ1v) is 7.61. The number of rotatable bonds is 4. The second-order valence-corrected chi connectivity index (χ2v) is 6.24.